The van der Waals surface area contributed by atoms with Gasteiger partial charge in [-0.05, 0) is 51.4 Å². The molecule has 0 aliphatic heterocycles. The zero-order valence-corrected chi connectivity index (χ0v) is 12.3. The SMILES string of the molecule is CCOC(=O)C(N)C1CCC(C(N)C(=O)OCC)CC1. The summed E-state index contributed by atoms with van der Waals surface area (Å²) in [5.41, 5.74) is 11.8. The van der Waals surface area contributed by atoms with Crippen LogP contribution in [-0.4, -0.2) is 37.2 Å². The molecule has 0 bridgehead atoms. The van der Waals surface area contributed by atoms with Crippen LogP contribution in [0.5, 0.6) is 0 Å². The van der Waals surface area contributed by atoms with Crippen molar-refractivity contribution in [2.24, 2.45) is 23.3 Å². The molecule has 0 heterocycles. The summed E-state index contributed by atoms with van der Waals surface area (Å²) in [4.78, 5) is 23.2. The fourth-order valence-electron chi connectivity index (χ4n) is 2.73. The Morgan fingerprint density at radius 1 is 0.900 bits per heavy atom. The van der Waals surface area contributed by atoms with E-state index in [0.29, 0.717) is 13.2 Å². The second-order valence-corrected chi connectivity index (χ2v) is 5.23. The Kier molecular flexibility index (Phi) is 6.95. The molecule has 2 unspecified atom stereocenters. The summed E-state index contributed by atoms with van der Waals surface area (Å²) < 4.78 is 9.88. The van der Waals surface area contributed by atoms with Crippen LogP contribution in [0.3, 0.4) is 0 Å². The van der Waals surface area contributed by atoms with E-state index >= 15 is 0 Å². The number of hydrogen-bond acceptors (Lipinski definition) is 6. The van der Waals surface area contributed by atoms with Gasteiger partial charge >= 0.3 is 11.9 Å². The third-order valence-corrected chi connectivity index (χ3v) is 3.95. The maximum absolute atomic E-state index is 11.6. The van der Waals surface area contributed by atoms with Crippen molar-refractivity contribution < 1.29 is 19.1 Å². The normalized spacial score (nSPS) is 25.6. The molecule has 0 aromatic heterocycles. The lowest BCUT2D eigenvalue weighted by atomic mass is 9.76. The van der Waals surface area contributed by atoms with Crippen LogP contribution in [0.15, 0.2) is 0 Å². The standard InChI is InChI=1S/C14H26N2O4/c1-3-19-13(17)11(15)9-5-7-10(8-6-9)12(16)14(18)20-4-2/h9-12H,3-8,15-16H2,1-2H3. The van der Waals surface area contributed by atoms with Crippen LogP contribution in [0.2, 0.25) is 0 Å². The van der Waals surface area contributed by atoms with E-state index in [4.69, 9.17) is 20.9 Å². The van der Waals surface area contributed by atoms with Crippen LogP contribution in [0.25, 0.3) is 0 Å². The van der Waals surface area contributed by atoms with Crippen LogP contribution in [0, 0.1) is 11.8 Å². The van der Waals surface area contributed by atoms with Crippen molar-refractivity contribution in [2.75, 3.05) is 13.2 Å². The largest absolute Gasteiger partial charge is 0.465 e. The number of esters is 2. The Labute approximate surface area is 120 Å². The van der Waals surface area contributed by atoms with Crippen LogP contribution < -0.4 is 11.5 Å². The molecule has 6 nitrogen and oxygen atoms in total. The minimum Gasteiger partial charge on any atom is -0.465 e. The molecule has 0 aromatic carbocycles. The van der Waals surface area contributed by atoms with Crippen molar-refractivity contribution in [1.82, 2.24) is 0 Å². The quantitative estimate of drug-likeness (QED) is 0.692. The fraction of sp³-hybridized carbons (Fsp3) is 0.857. The van der Waals surface area contributed by atoms with E-state index < -0.39 is 12.1 Å². The van der Waals surface area contributed by atoms with Crippen molar-refractivity contribution in [3.05, 3.63) is 0 Å². The van der Waals surface area contributed by atoms with Crippen molar-refractivity contribution in [3.63, 3.8) is 0 Å². The Hall–Kier alpha value is -1.14. The van der Waals surface area contributed by atoms with Gasteiger partial charge in [0, 0.05) is 0 Å². The molecule has 6 heteroatoms. The molecule has 2 atom stereocenters. The molecular formula is C14H26N2O4. The van der Waals surface area contributed by atoms with Crippen LogP contribution in [0.4, 0.5) is 0 Å². The van der Waals surface area contributed by atoms with E-state index in [1.807, 2.05) is 0 Å². The van der Waals surface area contributed by atoms with Gasteiger partial charge in [0.25, 0.3) is 0 Å². The monoisotopic (exact) mass is 286 g/mol. The highest BCUT2D eigenvalue weighted by Crippen LogP contribution is 2.32. The second kappa shape index (κ2) is 8.21. The number of ether oxygens (including phenoxy) is 2. The van der Waals surface area contributed by atoms with Crippen molar-refractivity contribution in [1.29, 1.82) is 0 Å². The summed E-state index contributed by atoms with van der Waals surface area (Å²) in [6.45, 7) is 4.21. The average Bonchev–Trinajstić information content (AvgIpc) is 2.46. The summed E-state index contributed by atoms with van der Waals surface area (Å²) in [6, 6.07) is -1.15. The van der Waals surface area contributed by atoms with Crippen LogP contribution >= 0.6 is 0 Å². The molecule has 0 aromatic rings. The lowest BCUT2D eigenvalue weighted by Crippen LogP contribution is -2.45. The topological polar surface area (TPSA) is 105 Å². The Bertz CT molecular complexity index is 295. The summed E-state index contributed by atoms with van der Waals surface area (Å²) in [5.74, 6) is -0.462. The molecule has 1 saturated carbocycles. The highest BCUT2D eigenvalue weighted by atomic mass is 16.5. The molecule has 1 rings (SSSR count). The molecule has 0 saturated heterocycles. The van der Waals surface area contributed by atoms with E-state index in [1.54, 1.807) is 13.8 Å². The summed E-state index contributed by atoms with van der Waals surface area (Å²) in [5, 5.41) is 0. The third kappa shape index (κ3) is 4.45. The van der Waals surface area contributed by atoms with Gasteiger partial charge in [0.05, 0.1) is 13.2 Å². The molecule has 1 aliphatic rings. The van der Waals surface area contributed by atoms with E-state index in [1.165, 1.54) is 0 Å². The molecule has 116 valence electrons. The van der Waals surface area contributed by atoms with Crippen LogP contribution in [0.1, 0.15) is 39.5 Å². The summed E-state index contributed by atoms with van der Waals surface area (Å²) in [7, 11) is 0. The van der Waals surface area contributed by atoms with Crippen molar-refractivity contribution >= 4 is 11.9 Å². The molecule has 20 heavy (non-hydrogen) atoms. The zero-order chi connectivity index (χ0) is 15.1. The first-order chi connectivity index (χ1) is 9.51. The van der Waals surface area contributed by atoms with Gasteiger partial charge in [0.15, 0.2) is 0 Å². The van der Waals surface area contributed by atoms with E-state index in [2.05, 4.69) is 0 Å². The van der Waals surface area contributed by atoms with E-state index in [0.717, 1.165) is 25.7 Å². The molecule has 1 aliphatic carbocycles. The maximum atomic E-state index is 11.6. The molecule has 4 N–H and O–H groups in total. The molecule has 0 spiro atoms. The van der Waals surface area contributed by atoms with Gasteiger partial charge in [-0.25, -0.2) is 0 Å². The third-order valence-electron chi connectivity index (χ3n) is 3.95. The first kappa shape index (κ1) is 16.9. The lowest BCUT2D eigenvalue weighted by Gasteiger charge is -2.33. The highest BCUT2D eigenvalue weighted by Gasteiger charge is 2.34. The van der Waals surface area contributed by atoms with Gasteiger partial charge in [-0.1, -0.05) is 0 Å². The number of carbonyl (C=O) groups excluding carboxylic acids is 2. The van der Waals surface area contributed by atoms with Gasteiger partial charge in [0.1, 0.15) is 12.1 Å². The number of rotatable bonds is 6. The van der Waals surface area contributed by atoms with Gasteiger partial charge in [-0.15, -0.1) is 0 Å². The van der Waals surface area contributed by atoms with Crippen molar-refractivity contribution in [2.45, 2.75) is 51.6 Å². The summed E-state index contributed by atoms with van der Waals surface area (Å²) in [6.07, 6.45) is 3.16. The average molecular weight is 286 g/mol. The number of nitrogens with two attached hydrogens (primary N) is 2. The first-order valence-electron chi connectivity index (χ1n) is 7.35. The predicted molar refractivity (Wildman–Crippen MR) is 74.7 cm³/mol. The zero-order valence-electron chi connectivity index (χ0n) is 12.3. The van der Waals surface area contributed by atoms with Gasteiger partial charge in [0.2, 0.25) is 0 Å². The molecule has 1 fully saturated rings. The van der Waals surface area contributed by atoms with E-state index in [9.17, 15) is 9.59 Å². The van der Waals surface area contributed by atoms with Gasteiger partial charge in [-0.3, -0.25) is 9.59 Å². The Balaban J connectivity index is 2.43. The van der Waals surface area contributed by atoms with Gasteiger partial charge in [-0.2, -0.15) is 0 Å². The smallest absolute Gasteiger partial charge is 0.323 e. The Morgan fingerprint density at radius 2 is 1.20 bits per heavy atom. The maximum Gasteiger partial charge on any atom is 0.323 e. The fourth-order valence-corrected chi connectivity index (χ4v) is 2.73. The second-order valence-electron chi connectivity index (χ2n) is 5.23. The highest BCUT2D eigenvalue weighted by molar-refractivity contribution is 5.76. The first-order valence-corrected chi connectivity index (χ1v) is 7.35. The van der Waals surface area contributed by atoms with E-state index in [-0.39, 0.29) is 23.8 Å². The molecule has 0 radical (unpaired) electrons. The van der Waals surface area contributed by atoms with Crippen LogP contribution in [-0.2, 0) is 19.1 Å². The summed E-state index contributed by atoms with van der Waals surface area (Å²) >= 11 is 0. The Morgan fingerprint density at radius 3 is 1.45 bits per heavy atom. The predicted octanol–water partition coefficient (Wildman–Crippen LogP) is 0.574. The minimum atomic E-state index is -0.574. The molecular weight excluding hydrogens is 260 g/mol. The lowest BCUT2D eigenvalue weighted by molar-refractivity contribution is -0.148. The van der Waals surface area contributed by atoms with Crippen molar-refractivity contribution in [3.8, 4) is 0 Å². The van der Waals surface area contributed by atoms with Gasteiger partial charge < -0.3 is 20.9 Å². The number of hydrogen-bond donors (Lipinski definition) is 2. The number of carbonyl (C=O) groups is 2. The minimum absolute atomic E-state index is 0.111. The molecule has 0 amide bonds.